The third-order valence-corrected chi connectivity index (χ3v) is 4.29. The number of carbonyl (C=O) groups is 1. The number of carbonyl (C=O) groups excluding carboxylic acids is 1. The van der Waals surface area contributed by atoms with Gasteiger partial charge in [-0.05, 0) is 45.8 Å². The van der Waals surface area contributed by atoms with Crippen molar-refractivity contribution in [3.63, 3.8) is 0 Å². The van der Waals surface area contributed by atoms with Crippen LogP contribution in [0.25, 0.3) is 11.1 Å². The Balaban J connectivity index is 1.92. The summed E-state index contributed by atoms with van der Waals surface area (Å²) in [5, 5.41) is 3.10. The maximum Gasteiger partial charge on any atom is 0.422 e. The van der Waals surface area contributed by atoms with Gasteiger partial charge in [-0.1, -0.05) is 23.7 Å². The Morgan fingerprint density at radius 2 is 1.86 bits per heavy atom. The summed E-state index contributed by atoms with van der Waals surface area (Å²) >= 11 is 9.11. The van der Waals surface area contributed by atoms with Gasteiger partial charge in [0.15, 0.2) is 6.61 Å². The Labute approximate surface area is 177 Å². The molecule has 0 aliphatic rings. The summed E-state index contributed by atoms with van der Waals surface area (Å²) in [5.41, 5.74) is 1.37. The fourth-order valence-corrected chi connectivity index (χ4v) is 2.85. The van der Waals surface area contributed by atoms with E-state index in [0.717, 1.165) is 0 Å². The molecule has 0 aliphatic heterocycles. The van der Waals surface area contributed by atoms with Crippen molar-refractivity contribution in [1.82, 2.24) is 9.97 Å². The van der Waals surface area contributed by atoms with E-state index in [9.17, 15) is 18.0 Å². The number of alkyl halides is 3. The first-order chi connectivity index (χ1) is 13.7. The average molecular weight is 487 g/mol. The molecule has 0 bridgehead atoms. The van der Waals surface area contributed by atoms with E-state index >= 15 is 0 Å². The second-order valence-electron chi connectivity index (χ2n) is 5.83. The van der Waals surface area contributed by atoms with E-state index in [2.05, 4.69) is 31.2 Å². The lowest BCUT2D eigenvalue weighted by Crippen LogP contribution is -2.20. The number of halogens is 5. The second-order valence-corrected chi connectivity index (χ2v) is 7.19. The van der Waals surface area contributed by atoms with Gasteiger partial charge < -0.3 is 10.1 Å². The van der Waals surface area contributed by atoms with E-state index < -0.39 is 18.7 Å². The molecule has 150 valence electrons. The summed E-state index contributed by atoms with van der Waals surface area (Å²) in [6.07, 6.45) is -0.383. The van der Waals surface area contributed by atoms with Crippen LogP contribution in [-0.4, -0.2) is 28.7 Å². The zero-order valence-corrected chi connectivity index (χ0v) is 16.8. The predicted molar refractivity (Wildman–Crippen MR) is 106 cm³/mol. The number of amides is 1. The fourth-order valence-electron chi connectivity index (χ4n) is 2.36. The number of aromatic nitrogens is 2. The third-order valence-electron chi connectivity index (χ3n) is 3.60. The van der Waals surface area contributed by atoms with Crippen molar-refractivity contribution in [3.8, 4) is 17.0 Å². The number of nitrogens with zero attached hydrogens (tertiary/aromatic N) is 2. The Morgan fingerprint density at radius 1 is 1.14 bits per heavy atom. The van der Waals surface area contributed by atoms with Gasteiger partial charge in [0.25, 0.3) is 5.91 Å². The van der Waals surface area contributed by atoms with Gasteiger partial charge in [-0.2, -0.15) is 13.2 Å². The van der Waals surface area contributed by atoms with Crippen LogP contribution in [0.4, 0.5) is 18.9 Å². The molecule has 5 nitrogen and oxygen atoms in total. The molecular weight excluding hydrogens is 475 g/mol. The monoisotopic (exact) mass is 485 g/mol. The van der Waals surface area contributed by atoms with Gasteiger partial charge in [-0.15, -0.1) is 0 Å². The summed E-state index contributed by atoms with van der Waals surface area (Å²) < 4.78 is 43.2. The molecule has 3 rings (SSSR count). The van der Waals surface area contributed by atoms with Gasteiger partial charge in [0.05, 0.1) is 17.4 Å². The number of hydrogen-bond acceptors (Lipinski definition) is 4. The largest absolute Gasteiger partial charge is 0.468 e. The molecule has 0 radical (unpaired) electrons. The van der Waals surface area contributed by atoms with E-state index in [1.54, 1.807) is 30.3 Å². The highest BCUT2D eigenvalue weighted by Crippen LogP contribution is 2.32. The number of rotatable bonds is 5. The first-order valence-electron chi connectivity index (χ1n) is 8.09. The van der Waals surface area contributed by atoms with Gasteiger partial charge in [0.2, 0.25) is 5.88 Å². The summed E-state index contributed by atoms with van der Waals surface area (Å²) in [6, 6.07) is 9.46. The van der Waals surface area contributed by atoms with Gasteiger partial charge >= 0.3 is 6.18 Å². The highest BCUT2D eigenvalue weighted by atomic mass is 79.9. The third kappa shape index (κ3) is 5.91. The Morgan fingerprint density at radius 3 is 2.52 bits per heavy atom. The zero-order chi connectivity index (χ0) is 21.0. The molecule has 0 saturated carbocycles. The van der Waals surface area contributed by atoms with Crippen molar-refractivity contribution in [2.75, 3.05) is 11.9 Å². The van der Waals surface area contributed by atoms with Crippen molar-refractivity contribution < 1.29 is 22.7 Å². The van der Waals surface area contributed by atoms with Crippen molar-refractivity contribution in [1.29, 1.82) is 0 Å². The smallest absolute Gasteiger partial charge is 0.422 e. The van der Waals surface area contributed by atoms with Crippen LogP contribution in [-0.2, 0) is 0 Å². The Bertz CT molecular complexity index is 1030. The van der Waals surface area contributed by atoms with Gasteiger partial charge in [-0.25, -0.2) is 4.98 Å². The van der Waals surface area contributed by atoms with Crippen LogP contribution in [0.2, 0.25) is 5.02 Å². The number of anilines is 1. The standard InChI is InChI=1S/C19H12BrClF3N3O2/c20-13-5-12(7-25-8-13)17(28)27-15-6-16(11-1-3-14(21)4-2-11)18(26-9-15)29-10-19(22,23)24/h1-9H,10H2,(H,27,28). The summed E-state index contributed by atoms with van der Waals surface area (Å²) in [7, 11) is 0. The van der Waals surface area contributed by atoms with Crippen LogP contribution in [0.15, 0.2) is 59.5 Å². The molecule has 1 N–H and O–H groups in total. The summed E-state index contributed by atoms with van der Waals surface area (Å²) in [6.45, 7) is -1.49. The molecule has 1 aromatic carbocycles. The second kappa shape index (κ2) is 8.79. The first-order valence-corrected chi connectivity index (χ1v) is 9.26. The van der Waals surface area contributed by atoms with Crippen LogP contribution < -0.4 is 10.1 Å². The van der Waals surface area contributed by atoms with Gasteiger partial charge in [0, 0.05) is 27.5 Å². The first kappa shape index (κ1) is 21.1. The molecular formula is C19H12BrClF3N3O2. The van der Waals surface area contributed by atoms with Crippen LogP contribution >= 0.6 is 27.5 Å². The molecule has 0 spiro atoms. The average Bonchev–Trinajstić information content (AvgIpc) is 2.67. The van der Waals surface area contributed by atoms with E-state index in [1.807, 2.05) is 0 Å². The van der Waals surface area contributed by atoms with Crippen LogP contribution in [0, 0.1) is 0 Å². The topological polar surface area (TPSA) is 64.1 Å². The molecule has 10 heteroatoms. The number of ether oxygens (including phenoxy) is 1. The SMILES string of the molecule is O=C(Nc1cnc(OCC(F)(F)F)c(-c2ccc(Cl)cc2)c1)c1cncc(Br)c1. The van der Waals surface area contributed by atoms with E-state index in [1.165, 1.54) is 24.7 Å². The molecule has 0 fully saturated rings. The van der Waals surface area contributed by atoms with Crippen molar-refractivity contribution >= 4 is 39.1 Å². The molecule has 0 saturated heterocycles. The maximum atomic E-state index is 12.6. The lowest BCUT2D eigenvalue weighted by molar-refractivity contribution is -0.154. The van der Waals surface area contributed by atoms with Crippen molar-refractivity contribution in [3.05, 3.63) is 70.0 Å². The highest BCUT2D eigenvalue weighted by molar-refractivity contribution is 9.10. The molecule has 3 aromatic rings. The van der Waals surface area contributed by atoms with Gasteiger partial charge in [-0.3, -0.25) is 9.78 Å². The predicted octanol–water partition coefficient (Wildman–Crippen LogP) is 5.75. The van der Waals surface area contributed by atoms with E-state index in [0.29, 0.717) is 20.6 Å². The quantitative estimate of drug-likeness (QED) is 0.499. The molecule has 0 aliphatic carbocycles. The van der Waals surface area contributed by atoms with E-state index in [4.69, 9.17) is 16.3 Å². The minimum Gasteiger partial charge on any atom is -0.468 e. The number of hydrogen-bond donors (Lipinski definition) is 1. The zero-order valence-electron chi connectivity index (χ0n) is 14.5. The van der Waals surface area contributed by atoms with E-state index in [-0.39, 0.29) is 17.1 Å². The summed E-state index contributed by atoms with van der Waals surface area (Å²) in [4.78, 5) is 20.3. The normalized spacial score (nSPS) is 11.2. The Kier molecular flexibility index (Phi) is 6.39. The molecule has 0 atom stereocenters. The lowest BCUT2D eigenvalue weighted by atomic mass is 10.1. The van der Waals surface area contributed by atoms with Crippen molar-refractivity contribution in [2.45, 2.75) is 6.18 Å². The maximum absolute atomic E-state index is 12.6. The van der Waals surface area contributed by atoms with Crippen LogP contribution in [0.3, 0.4) is 0 Å². The van der Waals surface area contributed by atoms with Gasteiger partial charge in [0.1, 0.15) is 0 Å². The molecule has 2 aromatic heterocycles. The number of pyridine rings is 2. The molecule has 1 amide bonds. The van der Waals surface area contributed by atoms with Crippen LogP contribution in [0.1, 0.15) is 10.4 Å². The lowest BCUT2D eigenvalue weighted by Gasteiger charge is -2.14. The Hall–Kier alpha value is -2.65. The number of nitrogens with one attached hydrogen (secondary N) is 1. The molecule has 2 heterocycles. The minimum absolute atomic E-state index is 0.216. The molecule has 29 heavy (non-hydrogen) atoms. The van der Waals surface area contributed by atoms with Crippen molar-refractivity contribution in [2.24, 2.45) is 0 Å². The number of benzene rings is 1. The summed E-state index contributed by atoms with van der Waals surface area (Å²) in [5.74, 6) is -0.668. The molecule has 0 unspecified atom stereocenters. The fraction of sp³-hybridized carbons (Fsp3) is 0.105. The highest BCUT2D eigenvalue weighted by Gasteiger charge is 2.29. The minimum atomic E-state index is -4.51. The van der Waals surface area contributed by atoms with Crippen LogP contribution in [0.5, 0.6) is 5.88 Å².